The molecule has 0 fully saturated rings. The highest BCUT2D eigenvalue weighted by molar-refractivity contribution is 6.08. The summed E-state index contributed by atoms with van der Waals surface area (Å²) in [5, 5.41) is 0. The molecule has 0 bridgehead atoms. The number of hydrogen-bond donors (Lipinski definition) is 0. The highest BCUT2D eigenvalue weighted by Crippen LogP contribution is 2.50. The fourth-order valence-electron chi connectivity index (χ4n) is 6.27. The number of nitrogens with zero attached hydrogens (tertiary/aromatic N) is 2. The second-order valence-corrected chi connectivity index (χ2v) is 11.4. The molecule has 0 aliphatic heterocycles. The Kier molecular flexibility index (Phi) is 8.74. The van der Waals surface area contributed by atoms with Crippen LogP contribution in [0.15, 0.2) is 192 Å². The lowest BCUT2D eigenvalue weighted by molar-refractivity contribution is 1.06. The van der Waals surface area contributed by atoms with Gasteiger partial charge in [0.15, 0.2) is 5.84 Å². The lowest BCUT2D eigenvalue weighted by atomic mass is 9.79. The van der Waals surface area contributed by atoms with Crippen molar-refractivity contribution in [2.75, 3.05) is 0 Å². The monoisotopic (exact) mass is 602 g/mol. The molecule has 0 aliphatic carbocycles. The highest BCUT2D eigenvalue weighted by Gasteiger charge is 2.23. The van der Waals surface area contributed by atoms with Gasteiger partial charge >= 0.3 is 0 Å². The molecule has 7 aromatic carbocycles. The zero-order valence-electron chi connectivity index (χ0n) is 26.1. The van der Waals surface area contributed by atoms with Gasteiger partial charge in [-0.3, -0.25) is 4.99 Å². The lowest BCUT2D eigenvalue weighted by Crippen LogP contribution is -2.00. The molecule has 0 saturated heterocycles. The minimum absolute atomic E-state index is 0.538. The maximum Gasteiger partial charge on any atom is 0.154 e. The van der Waals surface area contributed by atoms with Crippen molar-refractivity contribution in [3.05, 3.63) is 193 Å². The van der Waals surface area contributed by atoms with Crippen LogP contribution in [0, 0.1) is 0 Å². The molecule has 0 heterocycles. The van der Waals surface area contributed by atoms with E-state index in [9.17, 15) is 0 Å². The van der Waals surface area contributed by atoms with Gasteiger partial charge in [0.2, 0.25) is 0 Å². The first-order valence-corrected chi connectivity index (χ1v) is 15.9. The van der Waals surface area contributed by atoms with Crippen LogP contribution in [0.4, 0.5) is 0 Å². The van der Waals surface area contributed by atoms with Gasteiger partial charge in [-0.05, 0) is 80.0 Å². The Labute approximate surface area is 277 Å². The molecule has 0 unspecified atom stereocenters. The third kappa shape index (κ3) is 6.36. The summed E-state index contributed by atoms with van der Waals surface area (Å²) in [6.07, 6.45) is 0. The fourth-order valence-corrected chi connectivity index (χ4v) is 6.27. The van der Waals surface area contributed by atoms with E-state index in [1.165, 1.54) is 38.9 Å². The summed E-state index contributed by atoms with van der Waals surface area (Å²) in [5.41, 5.74) is 13.7. The van der Waals surface area contributed by atoms with Crippen molar-refractivity contribution in [3.8, 4) is 55.6 Å². The molecule has 0 amide bonds. The molecule has 2 heteroatoms. The number of hydrogen-bond acceptors (Lipinski definition) is 1. The zero-order valence-corrected chi connectivity index (χ0v) is 26.1. The predicted molar refractivity (Wildman–Crippen MR) is 200 cm³/mol. The Morgan fingerprint density at radius 1 is 0.404 bits per heavy atom. The average molecular weight is 603 g/mol. The van der Waals surface area contributed by atoms with Crippen LogP contribution >= 0.6 is 0 Å². The summed E-state index contributed by atoms with van der Waals surface area (Å²) in [4.78, 5) is 9.24. The molecule has 224 valence electrons. The topological polar surface area (TPSA) is 24.7 Å². The van der Waals surface area contributed by atoms with Crippen molar-refractivity contribution in [1.29, 1.82) is 0 Å². The molecule has 0 radical (unpaired) electrons. The molecule has 0 N–H and O–H groups in total. The van der Waals surface area contributed by atoms with Gasteiger partial charge in [-0.15, -0.1) is 0 Å². The molecule has 7 rings (SSSR count). The molecule has 2 nitrogen and oxygen atoms in total. The first-order chi connectivity index (χ1) is 23.3. The second-order valence-electron chi connectivity index (χ2n) is 11.4. The van der Waals surface area contributed by atoms with Crippen LogP contribution in [0.5, 0.6) is 0 Å². The van der Waals surface area contributed by atoms with Crippen molar-refractivity contribution < 1.29 is 0 Å². The lowest BCUT2D eigenvalue weighted by Gasteiger charge is -2.24. The third-order valence-electron chi connectivity index (χ3n) is 8.44. The van der Waals surface area contributed by atoms with E-state index in [0.29, 0.717) is 12.4 Å². The predicted octanol–water partition coefficient (Wildman–Crippen LogP) is 11.7. The Bertz CT molecular complexity index is 2140. The summed E-state index contributed by atoms with van der Waals surface area (Å²) in [6, 6.07) is 64.1. The van der Waals surface area contributed by atoms with Gasteiger partial charge < -0.3 is 0 Å². The maximum atomic E-state index is 4.87. The third-order valence-corrected chi connectivity index (χ3v) is 8.44. The minimum atomic E-state index is 0.538. The smallest absolute Gasteiger partial charge is 0.154 e. The van der Waals surface area contributed by atoms with E-state index in [1.54, 1.807) is 0 Å². The van der Waals surface area contributed by atoms with Gasteiger partial charge in [0.05, 0.1) is 6.54 Å². The standard InChI is InChI=1S/C45H34N2/c1-46-45(47-32-33-18-7-2-8-19-33)39-29-17-28-38(30-39)41-31-40(34-20-9-3-10-21-34)42(35-22-11-4-12-23-35)44(37-26-15-6-16-27-37)43(41)36-24-13-5-14-25-36/h2-31H,1,32H2. The van der Waals surface area contributed by atoms with Gasteiger partial charge in [0, 0.05) is 5.56 Å². The number of benzene rings is 7. The summed E-state index contributed by atoms with van der Waals surface area (Å²) in [7, 11) is 0. The summed E-state index contributed by atoms with van der Waals surface area (Å²) in [6.45, 7) is 4.43. The number of aliphatic imine (C=N–C) groups is 2. The average Bonchev–Trinajstić information content (AvgIpc) is 3.16. The van der Waals surface area contributed by atoms with E-state index in [0.717, 1.165) is 27.8 Å². The van der Waals surface area contributed by atoms with E-state index in [4.69, 9.17) is 4.99 Å². The van der Waals surface area contributed by atoms with Crippen LogP contribution in [-0.2, 0) is 6.54 Å². The van der Waals surface area contributed by atoms with E-state index >= 15 is 0 Å². The van der Waals surface area contributed by atoms with E-state index < -0.39 is 0 Å². The molecule has 47 heavy (non-hydrogen) atoms. The number of rotatable bonds is 8. The first-order valence-electron chi connectivity index (χ1n) is 15.9. The van der Waals surface area contributed by atoms with Gasteiger partial charge in [0.25, 0.3) is 0 Å². The molecular weight excluding hydrogens is 569 g/mol. The largest absolute Gasteiger partial charge is 0.261 e. The maximum absolute atomic E-state index is 4.87. The van der Waals surface area contributed by atoms with E-state index in [1.807, 2.05) is 18.2 Å². The molecule has 0 atom stereocenters. The quantitative estimate of drug-likeness (QED) is 0.122. The number of amidine groups is 1. The van der Waals surface area contributed by atoms with Gasteiger partial charge in [-0.25, -0.2) is 4.99 Å². The fraction of sp³-hybridized carbons (Fsp3) is 0.0222. The molecule has 0 aromatic heterocycles. The van der Waals surface area contributed by atoms with Crippen LogP contribution in [0.3, 0.4) is 0 Å². The van der Waals surface area contributed by atoms with Crippen LogP contribution in [-0.4, -0.2) is 12.6 Å². The zero-order chi connectivity index (χ0) is 31.8. The summed E-state index contributed by atoms with van der Waals surface area (Å²) < 4.78 is 0. The van der Waals surface area contributed by atoms with Crippen molar-refractivity contribution >= 4 is 12.6 Å². The Morgan fingerprint density at radius 3 is 1.34 bits per heavy atom. The van der Waals surface area contributed by atoms with Gasteiger partial charge in [-0.2, -0.15) is 0 Å². The van der Waals surface area contributed by atoms with Crippen molar-refractivity contribution in [1.82, 2.24) is 0 Å². The van der Waals surface area contributed by atoms with Crippen molar-refractivity contribution in [2.24, 2.45) is 9.98 Å². The van der Waals surface area contributed by atoms with Crippen molar-refractivity contribution in [2.45, 2.75) is 6.54 Å². The SMILES string of the molecule is C=NC(=NCc1ccccc1)c1cccc(-c2cc(-c3ccccc3)c(-c3ccccc3)c(-c3ccccc3)c2-c2ccccc2)c1. The van der Waals surface area contributed by atoms with Crippen LogP contribution < -0.4 is 0 Å². The van der Waals surface area contributed by atoms with Crippen LogP contribution in [0.1, 0.15) is 11.1 Å². The van der Waals surface area contributed by atoms with Gasteiger partial charge in [-0.1, -0.05) is 170 Å². The Morgan fingerprint density at radius 2 is 0.830 bits per heavy atom. The molecule has 7 aromatic rings. The van der Waals surface area contributed by atoms with Gasteiger partial charge in [0.1, 0.15) is 0 Å². The highest BCUT2D eigenvalue weighted by atomic mass is 14.9. The molecule has 0 aliphatic rings. The van der Waals surface area contributed by atoms with E-state index in [-0.39, 0.29) is 0 Å². The summed E-state index contributed by atoms with van der Waals surface area (Å²) >= 11 is 0. The van der Waals surface area contributed by atoms with Crippen LogP contribution in [0.25, 0.3) is 55.6 Å². The molecule has 0 spiro atoms. The summed E-state index contributed by atoms with van der Waals surface area (Å²) in [5.74, 6) is 0.629. The van der Waals surface area contributed by atoms with E-state index in [2.05, 4.69) is 176 Å². The minimum Gasteiger partial charge on any atom is -0.261 e. The molecule has 0 saturated carbocycles. The first kappa shape index (κ1) is 29.6. The van der Waals surface area contributed by atoms with Crippen LogP contribution in [0.2, 0.25) is 0 Å². The Hall–Kier alpha value is -6.12. The van der Waals surface area contributed by atoms with Crippen molar-refractivity contribution in [3.63, 3.8) is 0 Å². The second kappa shape index (κ2) is 13.9. The normalized spacial score (nSPS) is 11.3. The molecular formula is C45H34N2. The Balaban J connectivity index is 1.54.